The number of rotatable bonds is 11. The Labute approximate surface area is 293 Å². The second kappa shape index (κ2) is 14.9. The second-order valence-corrected chi connectivity index (χ2v) is 13.2. The Balaban J connectivity index is 1.47. The molecule has 0 aliphatic carbocycles. The number of para-hydroxylation sites is 1. The summed E-state index contributed by atoms with van der Waals surface area (Å²) in [6, 6.07) is 23.4. The van der Waals surface area contributed by atoms with Crippen LogP contribution in [-0.2, 0) is 14.3 Å². The van der Waals surface area contributed by atoms with E-state index in [-0.39, 0.29) is 17.7 Å². The molecule has 1 aliphatic heterocycles. The van der Waals surface area contributed by atoms with Crippen LogP contribution in [0, 0.1) is 5.92 Å². The van der Waals surface area contributed by atoms with Crippen LogP contribution in [0.2, 0.25) is 0 Å². The number of benzene rings is 3. The van der Waals surface area contributed by atoms with E-state index >= 15 is 0 Å². The van der Waals surface area contributed by atoms with Crippen LogP contribution in [0.5, 0.6) is 5.75 Å². The molecule has 0 spiro atoms. The van der Waals surface area contributed by atoms with Crippen molar-refractivity contribution in [2.75, 3.05) is 20.3 Å². The predicted molar refractivity (Wildman–Crippen MR) is 192 cm³/mol. The molecular weight excluding hydrogens is 653 g/mol. The van der Waals surface area contributed by atoms with E-state index in [2.05, 4.69) is 13.8 Å². The van der Waals surface area contributed by atoms with E-state index < -0.39 is 18.0 Å². The van der Waals surface area contributed by atoms with Gasteiger partial charge >= 0.3 is 11.9 Å². The average molecular weight is 691 g/mol. The molecule has 1 aliphatic rings. The fourth-order valence-corrected chi connectivity index (χ4v) is 6.76. The van der Waals surface area contributed by atoms with E-state index in [0.29, 0.717) is 44.4 Å². The molecule has 0 saturated carbocycles. The fourth-order valence-electron chi connectivity index (χ4n) is 5.72. The van der Waals surface area contributed by atoms with Gasteiger partial charge in [0, 0.05) is 17.3 Å². The first-order chi connectivity index (χ1) is 24.2. The molecule has 50 heavy (non-hydrogen) atoms. The van der Waals surface area contributed by atoms with Gasteiger partial charge in [-0.05, 0) is 86.4 Å². The molecule has 0 bridgehead atoms. The van der Waals surface area contributed by atoms with Crippen LogP contribution in [0.1, 0.15) is 61.6 Å². The van der Waals surface area contributed by atoms with Crippen LogP contribution in [-0.4, -0.2) is 46.6 Å². The third-order valence-electron chi connectivity index (χ3n) is 8.31. The fraction of sp³-hybridized carbons (Fsp3) is 0.256. The molecule has 0 saturated heterocycles. The maximum Gasteiger partial charge on any atom is 0.338 e. The summed E-state index contributed by atoms with van der Waals surface area (Å²) < 4.78 is 20.0. The van der Waals surface area contributed by atoms with Gasteiger partial charge in [-0.1, -0.05) is 55.5 Å². The van der Waals surface area contributed by atoms with Gasteiger partial charge in [-0.25, -0.2) is 19.3 Å². The lowest BCUT2D eigenvalue weighted by molar-refractivity contribution is -0.139. The van der Waals surface area contributed by atoms with Gasteiger partial charge in [0.15, 0.2) is 4.80 Å². The number of nitrogens with zero attached hydrogens (tertiary/aromatic N) is 4. The lowest BCUT2D eigenvalue weighted by atomic mass is 9.95. The van der Waals surface area contributed by atoms with Crippen LogP contribution >= 0.6 is 11.3 Å². The minimum Gasteiger partial charge on any atom is -0.494 e. The highest BCUT2D eigenvalue weighted by Gasteiger charge is 2.33. The molecule has 0 fully saturated rings. The van der Waals surface area contributed by atoms with Crippen LogP contribution in [0.15, 0.2) is 106 Å². The van der Waals surface area contributed by atoms with Crippen molar-refractivity contribution in [3.63, 3.8) is 0 Å². The highest BCUT2D eigenvalue weighted by Crippen LogP contribution is 2.31. The van der Waals surface area contributed by atoms with Gasteiger partial charge in [-0.15, -0.1) is 0 Å². The van der Waals surface area contributed by atoms with Crippen LogP contribution in [0.25, 0.3) is 23.0 Å². The van der Waals surface area contributed by atoms with Crippen molar-refractivity contribution in [2.24, 2.45) is 10.9 Å². The first-order valence-electron chi connectivity index (χ1n) is 16.4. The number of allylic oxidation sites excluding steroid dienone is 1. The van der Waals surface area contributed by atoms with Crippen molar-refractivity contribution in [3.05, 3.63) is 133 Å². The number of esters is 2. The Morgan fingerprint density at radius 1 is 0.980 bits per heavy atom. The number of thiazole rings is 1. The summed E-state index contributed by atoms with van der Waals surface area (Å²) in [5.74, 6) is 0.276. The van der Waals surface area contributed by atoms with Crippen molar-refractivity contribution >= 4 is 29.4 Å². The maximum absolute atomic E-state index is 14.4. The van der Waals surface area contributed by atoms with Crippen LogP contribution in [0.3, 0.4) is 0 Å². The third kappa shape index (κ3) is 7.09. The Morgan fingerprint density at radius 3 is 2.36 bits per heavy atom. The second-order valence-electron chi connectivity index (χ2n) is 12.2. The summed E-state index contributed by atoms with van der Waals surface area (Å²) in [6.07, 6.45) is 4.68. The summed E-state index contributed by atoms with van der Waals surface area (Å²) in [5.41, 5.74) is 4.50. The molecule has 0 radical (unpaired) electrons. The number of ether oxygens (including phenoxy) is 3. The van der Waals surface area contributed by atoms with Crippen molar-refractivity contribution in [1.29, 1.82) is 0 Å². The van der Waals surface area contributed by atoms with E-state index in [4.69, 9.17) is 24.3 Å². The molecule has 3 aromatic carbocycles. The number of methoxy groups -OCH3 is 1. The van der Waals surface area contributed by atoms with Crippen molar-refractivity contribution in [2.45, 2.75) is 40.2 Å². The summed E-state index contributed by atoms with van der Waals surface area (Å²) in [7, 11) is 1.31. The smallest absolute Gasteiger partial charge is 0.338 e. The third-order valence-corrected chi connectivity index (χ3v) is 9.29. The number of aromatic nitrogens is 3. The van der Waals surface area contributed by atoms with Crippen LogP contribution in [0.4, 0.5) is 0 Å². The molecule has 11 heteroatoms. The molecule has 3 heterocycles. The lowest BCUT2D eigenvalue weighted by Crippen LogP contribution is -2.40. The summed E-state index contributed by atoms with van der Waals surface area (Å²) in [5, 5.41) is 4.94. The van der Waals surface area contributed by atoms with E-state index in [0.717, 1.165) is 29.0 Å². The first kappa shape index (κ1) is 34.3. The molecule has 256 valence electrons. The molecular formula is C39H38N4O6S. The maximum atomic E-state index is 14.4. The van der Waals surface area contributed by atoms with Gasteiger partial charge in [0.2, 0.25) is 0 Å². The Morgan fingerprint density at radius 2 is 1.70 bits per heavy atom. The van der Waals surface area contributed by atoms with Gasteiger partial charge in [0.1, 0.15) is 11.4 Å². The first-order valence-corrected chi connectivity index (χ1v) is 17.3. The molecule has 2 aromatic heterocycles. The number of fused-ring (bicyclic) bond motifs is 1. The van der Waals surface area contributed by atoms with E-state index in [1.54, 1.807) is 42.8 Å². The average Bonchev–Trinajstić information content (AvgIpc) is 3.68. The quantitative estimate of drug-likeness (QED) is 0.160. The SMILES string of the molecule is CCOC(=O)C1=C(C)N=c2sc(=Cc3cn(-c4ccccc4)nc3-c3ccc(OCCC(C)C)cc3)c(=O)n2C1c1ccc(C(=O)OC)cc1. The van der Waals surface area contributed by atoms with Gasteiger partial charge in [-0.3, -0.25) is 9.36 Å². The van der Waals surface area contributed by atoms with Crippen LogP contribution < -0.4 is 19.6 Å². The molecule has 1 unspecified atom stereocenters. The number of hydrogen-bond donors (Lipinski definition) is 0. The van der Waals surface area contributed by atoms with Gasteiger partial charge in [0.05, 0.1) is 53.4 Å². The molecule has 1 atom stereocenters. The highest BCUT2D eigenvalue weighted by molar-refractivity contribution is 7.07. The molecule has 0 amide bonds. The molecule has 10 nitrogen and oxygen atoms in total. The standard InChI is InChI=1S/C39H38N4O6S/c1-6-48-38(46)33-25(4)40-39-43(35(33)27-12-14-28(15-13-27)37(45)47-5)36(44)32(50-39)22-29-23-42(30-10-8-7-9-11-30)41-34(29)26-16-18-31(19-17-26)49-21-20-24(2)3/h7-19,22-24,35H,6,20-21H2,1-5H3. The van der Waals surface area contributed by atoms with Crippen molar-refractivity contribution in [1.82, 2.24) is 14.3 Å². The molecule has 5 aromatic rings. The topological polar surface area (TPSA) is 114 Å². The van der Waals surface area contributed by atoms with E-state index in [9.17, 15) is 14.4 Å². The Hall–Kier alpha value is -5.55. The number of hydrogen-bond acceptors (Lipinski definition) is 9. The lowest BCUT2D eigenvalue weighted by Gasteiger charge is -2.24. The normalized spacial score (nSPS) is 14.4. The summed E-state index contributed by atoms with van der Waals surface area (Å²) in [6.45, 7) is 8.59. The van der Waals surface area contributed by atoms with Crippen molar-refractivity contribution in [3.8, 4) is 22.7 Å². The zero-order valence-corrected chi connectivity index (χ0v) is 29.4. The Kier molecular flexibility index (Phi) is 10.2. The zero-order valence-electron chi connectivity index (χ0n) is 28.6. The molecule has 6 rings (SSSR count). The largest absolute Gasteiger partial charge is 0.494 e. The van der Waals surface area contributed by atoms with E-state index in [1.165, 1.54) is 23.0 Å². The number of carbonyl (C=O) groups excluding carboxylic acids is 2. The van der Waals surface area contributed by atoms with Gasteiger partial charge < -0.3 is 14.2 Å². The summed E-state index contributed by atoms with van der Waals surface area (Å²) in [4.78, 5) is 45.0. The van der Waals surface area contributed by atoms with Gasteiger partial charge in [-0.2, -0.15) is 5.10 Å². The minimum atomic E-state index is -0.825. The van der Waals surface area contributed by atoms with E-state index in [1.807, 2.05) is 66.9 Å². The monoisotopic (exact) mass is 690 g/mol. The minimum absolute atomic E-state index is 0.160. The van der Waals surface area contributed by atoms with Gasteiger partial charge in [0.25, 0.3) is 5.56 Å². The van der Waals surface area contributed by atoms with Crippen molar-refractivity contribution < 1.29 is 23.8 Å². The summed E-state index contributed by atoms with van der Waals surface area (Å²) >= 11 is 1.23. The Bertz CT molecular complexity index is 2230. The number of carbonyl (C=O) groups is 2. The molecule has 0 N–H and O–H groups in total. The highest BCUT2D eigenvalue weighted by atomic mass is 32.1. The predicted octanol–water partition coefficient (Wildman–Crippen LogP) is 5.86. The zero-order chi connectivity index (χ0) is 35.4.